The van der Waals surface area contributed by atoms with Crippen molar-refractivity contribution in [3.05, 3.63) is 91.9 Å². The number of nitrogens with one attached hydrogen (secondary N) is 1. The third-order valence-corrected chi connectivity index (χ3v) is 6.79. The standard InChI is InChI=1S/C28H24BrClN2O5/c1-4-36-24-12-19(22(29)14-25(24)37-15-18-8-5-16(2)6-9-18)11-21-26(33)31-28(35)32(27(21)34)20-10-7-17(3)23(30)13-20/h5-14H,4,15H2,1-3H3,(H,31,33,35)/b21-11-. The molecule has 1 N–H and O–H groups in total. The average molecular weight is 584 g/mol. The predicted molar refractivity (Wildman–Crippen MR) is 146 cm³/mol. The zero-order valence-corrected chi connectivity index (χ0v) is 22.8. The van der Waals surface area contributed by atoms with E-state index in [0.717, 1.165) is 21.6 Å². The van der Waals surface area contributed by atoms with Gasteiger partial charge in [-0.2, -0.15) is 0 Å². The second-order valence-electron chi connectivity index (χ2n) is 8.42. The van der Waals surface area contributed by atoms with Crippen molar-refractivity contribution < 1.29 is 23.9 Å². The zero-order chi connectivity index (χ0) is 26.7. The Balaban J connectivity index is 1.66. The van der Waals surface area contributed by atoms with Crippen molar-refractivity contribution in [3.8, 4) is 11.5 Å². The molecular formula is C28H24BrClN2O5. The van der Waals surface area contributed by atoms with E-state index in [0.29, 0.717) is 39.8 Å². The van der Waals surface area contributed by atoms with Gasteiger partial charge in [-0.3, -0.25) is 14.9 Å². The molecule has 0 bridgehead atoms. The van der Waals surface area contributed by atoms with Gasteiger partial charge in [-0.05, 0) is 67.8 Å². The molecule has 1 aliphatic heterocycles. The first-order chi connectivity index (χ1) is 17.7. The van der Waals surface area contributed by atoms with Crippen LogP contribution in [-0.4, -0.2) is 24.5 Å². The molecule has 0 radical (unpaired) electrons. The Morgan fingerprint density at radius 1 is 0.973 bits per heavy atom. The van der Waals surface area contributed by atoms with Crippen molar-refractivity contribution in [2.75, 3.05) is 11.5 Å². The number of imide groups is 2. The van der Waals surface area contributed by atoms with Gasteiger partial charge in [0.05, 0.1) is 12.3 Å². The molecule has 9 heteroatoms. The number of urea groups is 1. The molecule has 0 spiro atoms. The molecule has 7 nitrogen and oxygen atoms in total. The number of rotatable bonds is 7. The van der Waals surface area contributed by atoms with Crippen molar-refractivity contribution in [1.29, 1.82) is 0 Å². The van der Waals surface area contributed by atoms with Gasteiger partial charge in [0.2, 0.25) is 0 Å². The first kappa shape index (κ1) is 26.4. The molecule has 3 aromatic carbocycles. The number of halogens is 2. The molecule has 1 aliphatic rings. The smallest absolute Gasteiger partial charge is 0.335 e. The Morgan fingerprint density at radius 3 is 2.35 bits per heavy atom. The normalized spacial score (nSPS) is 14.7. The van der Waals surface area contributed by atoms with Crippen molar-refractivity contribution >= 4 is 57.1 Å². The van der Waals surface area contributed by atoms with Gasteiger partial charge in [-0.15, -0.1) is 0 Å². The molecule has 0 saturated carbocycles. The molecule has 1 fully saturated rings. The van der Waals surface area contributed by atoms with E-state index in [2.05, 4.69) is 21.2 Å². The summed E-state index contributed by atoms with van der Waals surface area (Å²) in [7, 11) is 0. The molecule has 3 aromatic rings. The van der Waals surface area contributed by atoms with Gasteiger partial charge in [0.25, 0.3) is 11.8 Å². The van der Waals surface area contributed by atoms with Crippen LogP contribution in [0, 0.1) is 13.8 Å². The lowest BCUT2D eigenvalue weighted by molar-refractivity contribution is -0.122. The van der Waals surface area contributed by atoms with E-state index >= 15 is 0 Å². The summed E-state index contributed by atoms with van der Waals surface area (Å²) in [4.78, 5) is 39.3. The van der Waals surface area contributed by atoms with Crippen LogP contribution in [-0.2, 0) is 16.2 Å². The van der Waals surface area contributed by atoms with Crippen LogP contribution in [0.3, 0.4) is 0 Å². The summed E-state index contributed by atoms with van der Waals surface area (Å²) in [6.45, 7) is 6.39. The number of hydrogen-bond acceptors (Lipinski definition) is 5. The minimum absolute atomic E-state index is 0.215. The van der Waals surface area contributed by atoms with Crippen LogP contribution in [0.2, 0.25) is 5.02 Å². The van der Waals surface area contributed by atoms with Crippen LogP contribution in [0.5, 0.6) is 11.5 Å². The number of hydrogen-bond donors (Lipinski definition) is 1. The summed E-state index contributed by atoms with van der Waals surface area (Å²) < 4.78 is 12.4. The van der Waals surface area contributed by atoms with Crippen molar-refractivity contribution in [2.24, 2.45) is 0 Å². The lowest BCUT2D eigenvalue weighted by atomic mass is 10.1. The number of amides is 4. The zero-order valence-electron chi connectivity index (χ0n) is 20.4. The van der Waals surface area contributed by atoms with Gasteiger partial charge < -0.3 is 9.47 Å². The fraction of sp³-hybridized carbons (Fsp3) is 0.179. The third-order valence-electron chi connectivity index (χ3n) is 5.69. The molecule has 1 saturated heterocycles. The van der Waals surface area contributed by atoms with Gasteiger partial charge in [0.1, 0.15) is 12.2 Å². The SMILES string of the molecule is CCOc1cc(/C=C2/C(=O)NC(=O)N(c3ccc(C)c(Cl)c3)C2=O)c(Br)cc1OCc1ccc(C)cc1. The summed E-state index contributed by atoms with van der Waals surface area (Å²) in [5.74, 6) is -0.610. The highest BCUT2D eigenvalue weighted by Gasteiger charge is 2.37. The van der Waals surface area contributed by atoms with Gasteiger partial charge in [0.15, 0.2) is 11.5 Å². The Morgan fingerprint density at radius 2 is 1.68 bits per heavy atom. The maximum absolute atomic E-state index is 13.3. The number of carbonyl (C=O) groups is 3. The Labute approximate surface area is 228 Å². The Kier molecular flexibility index (Phi) is 8.00. The van der Waals surface area contributed by atoms with Gasteiger partial charge >= 0.3 is 6.03 Å². The fourth-order valence-corrected chi connectivity index (χ4v) is 4.27. The Hall–Kier alpha value is -3.62. The number of carbonyl (C=O) groups excluding carboxylic acids is 3. The number of aryl methyl sites for hydroxylation is 2. The quantitative estimate of drug-likeness (QED) is 0.258. The highest BCUT2D eigenvalue weighted by Crippen LogP contribution is 2.36. The molecule has 4 rings (SSSR count). The predicted octanol–water partition coefficient (Wildman–Crippen LogP) is 6.36. The lowest BCUT2D eigenvalue weighted by Crippen LogP contribution is -2.54. The van der Waals surface area contributed by atoms with Gasteiger partial charge in [-0.1, -0.05) is 63.4 Å². The summed E-state index contributed by atoms with van der Waals surface area (Å²) in [6.07, 6.45) is 1.41. The summed E-state index contributed by atoms with van der Waals surface area (Å²) >= 11 is 9.70. The van der Waals surface area contributed by atoms with E-state index in [9.17, 15) is 14.4 Å². The highest BCUT2D eigenvalue weighted by atomic mass is 79.9. The summed E-state index contributed by atoms with van der Waals surface area (Å²) in [5.41, 5.74) is 3.49. The molecule has 37 heavy (non-hydrogen) atoms. The topological polar surface area (TPSA) is 84.9 Å². The highest BCUT2D eigenvalue weighted by molar-refractivity contribution is 9.10. The van der Waals surface area contributed by atoms with E-state index in [1.54, 1.807) is 31.2 Å². The fourth-order valence-electron chi connectivity index (χ4n) is 3.66. The molecule has 0 aromatic heterocycles. The molecule has 4 amide bonds. The second kappa shape index (κ2) is 11.2. The van der Waals surface area contributed by atoms with E-state index in [-0.39, 0.29) is 11.3 Å². The first-order valence-electron chi connectivity index (χ1n) is 11.5. The van der Waals surface area contributed by atoms with E-state index in [1.165, 1.54) is 12.1 Å². The minimum Gasteiger partial charge on any atom is -0.490 e. The molecular weight excluding hydrogens is 560 g/mol. The number of nitrogens with zero attached hydrogens (tertiary/aromatic N) is 1. The van der Waals surface area contributed by atoms with Gasteiger partial charge in [-0.25, -0.2) is 9.69 Å². The van der Waals surface area contributed by atoms with Crippen LogP contribution in [0.4, 0.5) is 10.5 Å². The van der Waals surface area contributed by atoms with E-state index in [1.807, 2.05) is 38.1 Å². The van der Waals surface area contributed by atoms with Crippen molar-refractivity contribution in [1.82, 2.24) is 5.32 Å². The Bertz CT molecular complexity index is 1420. The average Bonchev–Trinajstić information content (AvgIpc) is 2.85. The number of benzene rings is 3. The third kappa shape index (κ3) is 5.87. The van der Waals surface area contributed by atoms with E-state index in [4.69, 9.17) is 21.1 Å². The van der Waals surface area contributed by atoms with Crippen LogP contribution in [0.25, 0.3) is 6.08 Å². The first-order valence-corrected chi connectivity index (χ1v) is 12.7. The largest absolute Gasteiger partial charge is 0.490 e. The molecule has 0 unspecified atom stereocenters. The van der Waals surface area contributed by atoms with Crippen molar-refractivity contribution in [3.63, 3.8) is 0 Å². The van der Waals surface area contributed by atoms with Crippen LogP contribution < -0.4 is 19.7 Å². The van der Waals surface area contributed by atoms with Crippen LogP contribution in [0.15, 0.2) is 64.6 Å². The monoisotopic (exact) mass is 582 g/mol. The molecule has 0 atom stereocenters. The molecule has 0 aliphatic carbocycles. The maximum Gasteiger partial charge on any atom is 0.335 e. The maximum atomic E-state index is 13.3. The minimum atomic E-state index is -0.846. The lowest BCUT2D eigenvalue weighted by Gasteiger charge is -2.26. The molecule has 1 heterocycles. The number of barbiturate groups is 1. The molecule has 190 valence electrons. The van der Waals surface area contributed by atoms with Crippen LogP contribution >= 0.6 is 27.5 Å². The summed E-state index contributed by atoms with van der Waals surface area (Å²) in [5, 5.41) is 2.61. The van der Waals surface area contributed by atoms with Crippen molar-refractivity contribution in [2.45, 2.75) is 27.4 Å². The summed E-state index contributed by atoms with van der Waals surface area (Å²) in [6, 6.07) is 15.3. The number of anilines is 1. The van der Waals surface area contributed by atoms with Gasteiger partial charge in [0, 0.05) is 9.50 Å². The van der Waals surface area contributed by atoms with E-state index < -0.39 is 17.8 Å². The van der Waals surface area contributed by atoms with Crippen LogP contribution in [0.1, 0.15) is 29.2 Å². The second-order valence-corrected chi connectivity index (χ2v) is 9.68. The number of ether oxygens (including phenoxy) is 2.